The minimum atomic E-state index is -0.352. The number of aromatic nitrogens is 2. The highest BCUT2D eigenvalue weighted by molar-refractivity contribution is 6.30. The standard InChI is InChI=1S/C25H24ClFN4O2/c1-16-13-30(15-28-16)22-6-5-17(9-24(22)32-2)8-18-4-3-7-31-23(14-33-29-25(18)31)19-10-20(26)12-21(27)11-19/h5-6,8-13,15,23H,3-4,7,14H2,1-2H3/b18-8+. The van der Waals surface area contributed by atoms with Crippen LogP contribution in [0.1, 0.15) is 35.7 Å². The molecule has 5 rings (SSSR count). The van der Waals surface area contributed by atoms with Crippen molar-refractivity contribution in [3.05, 3.63) is 82.2 Å². The third-order valence-electron chi connectivity index (χ3n) is 5.97. The molecule has 2 aliphatic heterocycles. The highest BCUT2D eigenvalue weighted by atomic mass is 35.5. The summed E-state index contributed by atoms with van der Waals surface area (Å²) in [6, 6.07) is 10.5. The topological polar surface area (TPSA) is 51.9 Å². The third kappa shape index (κ3) is 4.33. The molecule has 170 valence electrons. The number of imidazole rings is 1. The molecule has 6 nitrogen and oxygen atoms in total. The van der Waals surface area contributed by atoms with Crippen molar-refractivity contribution in [1.82, 2.24) is 14.5 Å². The molecule has 3 heterocycles. The van der Waals surface area contributed by atoms with Crippen LogP contribution in [0, 0.1) is 12.7 Å². The number of fused-ring (bicyclic) bond motifs is 1. The van der Waals surface area contributed by atoms with Gasteiger partial charge in [0.25, 0.3) is 0 Å². The Morgan fingerprint density at radius 3 is 2.88 bits per heavy atom. The van der Waals surface area contributed by atoms with E-state index in [1.165, 1.54) is 12.1 Å². The van der Waals surface area contributed by atoms with Crippen LogP contribution in [-0.4, -0.2) is 40.5 Å². The van der Waals surface area contributed by atoms with E-state index < -0.39 is 0 Å². The van der Waals surface area contributed by atoms with Gasteiger partial charge in [0.05, 0.1) is 30.9 Å². The number of ether oxygens (including phenoxy) is 1. The zero-order chi connectivity index (χ0) is 22.9. The summed E-state index contributed by atoms with van der Waals surface area (Å²) in [6.07, 6.45) is 7.69. The molecule has 1 unspecified atom stereocenters. The lowest BCUT2D eigenvalue weighted by Gasteiger charge is -2.40. The van der Waals surface area contributed by atoms with Crippen molar-refractivity contribution in [3.8, 4) is 11.4 Å². The van der Waals surface area contributed by atoms with Crippen molar-refractivity contribution in [3.63, 3.8) is 0 Å². The first-order chi connectivity index (χ1) is 16.0. The lowest BCUT2D eigenvalue weighted by Crippen LogP contribution is -2.44. The molecule has 33 heavy (non-hydrogen) atoms. The largest absolute Gasteiger partial charge is 0.495 e. The summed E-state index contributed by atoms with van der Waals surface area (Å²) >= 11 is 6.11. The molecule has 8 heteroatoms. The Bertz CT molecular complexity index is 1230. The van der Waals surface area contributed by atoms with Gasteiger partial charge in [-0.2, -0.15) is 0 Å². The molecule has 2 aliphatic rings. The summed E-state index contributed by atoms with van der Waals surface area (Å²) in [5.74, 6) is 1.18. The number of rotatable bonds is 4. The van der Waals surface area contributed by atoms with Crippen molar-refractivity contribution < 1.29 is 14.0 Å². The van der Waals surface area contributed by atoms with Gasteiger partial charge < -0.3 is 19.0 Å². The molecule has 3 aromatic rings. The van der Waals surface area contributed by atoms with E-state index in [4.69, 9.17) is 21.2 Å². The fourth-order valence-corrected chi connectivity index (χ4v) is 4.68. The predicted octanol–water partition coefficient (Wildman–Crippen LogP) is 5.55. The van der Waals surface area contributed by atoms with Crippen molar-refractivity contribution in [1.29, 1.82) is 0 Å². The van der Waals surface area contributed by atoms with Gasteiger partial charge in [-0.15, -0.1) is 0 Å². The number of halogens is 2. The van der Waals surface area contributed by atoms with E-state index in [2.05, 4.69) is 21.1 Å². The summed E-state index contributed by atoms with van der Waals surface area (Å²) in [5.41, 5.74) is 4.72. The van der Waals surface area contributed by atoms with E-state index in [0.717, 1.165) is 59.1 Å². The van der Waals surface area contributed by atoms with Crippen LogP contribution >= 0.6 is 11.6 Å². The smallest absolute Gasteiger partial charge is 0.172 e. The van der Waals surface area contributed by atoms with E-state index in [1.807, 2.05) is 35.9 Å². The lowest BCUT2D eigenvalue weighted by molar-refractivity contribution is 0.0574. The maximum Gasteiger partial charge on any atom is 0.172 e. The van der Waals surface area contributed by atoms with Gasteiger partial charge in [-0.1, -0.05) is 22.8 Å². The van der Waals surface area contributed by atoms with Crippen LogP contribution in [0.4, 0.5) is 4.39 Å². The molecule has 0 radical (unpaired) electrons. The number of methoxy groups -OCH3 is 1. The van der Waals surface area contributed by atoms with E-state index in [-0.39, 0.29) is 11.9 Å². The van der Waals surface area contributed by atoms with Crippen molar-refractivity contribution in [2.24, 2.45) is 5.16 Å². The molecule has 0 N–H and O–H groups in total. The maximum absolute atomic E-state index is 14.0. The van der Waals surface area contributed by atoms with Crippen LogP contribution < -0.4 is 4.74 Å². The number of benzene rings is 2. The molecule has 0 saturated carbocycles. The maximum atomic E-state index is 14.0. The highest BCUT2D eigenvalue weighted by Crippen LogP contribution is 2.34. The molecule has 0 aliphatic carbocycles. The Labute approximate surface area is 196 Å². The SMILES string of the molecule is COc1cc(/C=C2\CCCN3C2=NOCC3c2cc(F)cc(Cl)c2)ccc1-n1cnc(C)c1. The Kier molecular flexibility index (Phi) is 5.81. The molecular weight excluding hydrogens is 443 g/mol. The lowest BCUT2D eigenvalue weighted by atomic mass is 9.96. The summed E-state index contributed by atoms with van der Waals surface area (Å²) in [5, 5.41) is 4.74. The average molecular weight is 467 g/mol. The molecule has 2 aromatic carbocycles. The normalized spacial score (nSPS) is 19.2. The number of amidine groups is 1. The quantitative estimate of drug-likeness (QED) is 0.506. The Hall–Kier alpha value is -3.32. The monoisotopic (exact) mass is 466 g/mol. The van der Waals surface area contributed by atoms with Gasteiger partial charge in [0, 0.05) is 17.8 Å². The number of oxime groups is 1. The molecule has 1 aromatic heterocycles. The average Bonchev–Trinajstić information content (AvgIpc) is 3.24. The summed E-state index contributed by atoms with van der Waals surface area (Å²) in [4.78, 5) is 12.1. The van der Waals surface area contributed by atoms with Gasteiger partial charge in [0.15, 0.2) is 5.84 Å². The molecule has 1 saturated heterocycles. The van der Waals surface area contributed by atoms with Gasteiger partial charge in [0.2, 0.25) is 0 Å². The first kappa shape index (κ1) is 21.5. The highest BCUT2D eigenvalue weighted by Gasteiger charge is 2.33. The molecule has 0 spiro atoms. The summed E-state index contributed by atoms with van der Waals surface area (Å²) in [6.45, 7) is 3.12. The van der Waals surface area contributed by atoms with Crippen LogP contribution in [-0.2, 0) is 4.84 Å². The van der Waals surface area contributed by atoms with Crippen molar-refractivity contribution in [2.45, 2.75) is 25.8 Å². The molecule has 0 amide bonds. The van der Waals surface area contributed by atoms with Crippen LogP contribution in [0.15, 0.2) is 59.7 Å². The minimum Gasteiger partial charge on any atom is -0.495 e. The van der Waals surface area contributed by atoms with E-state index in [0.29, 0.717) is 11.6 Å². The van der Waals surface area contributed by atoms with Crippen molar-refractivity contribution >= 4 is 23.5 Å². The summed E-state index contributed by atoms with van der Waals surface area (Å²) < 4.78 is 21.6. The number of piperidine rings is 1. The number of aryl methyl sites for hydroxylation is 1. The molecular formula is C25H24ClFN4O2. The Morgan fingerprint density at radius 1 is 1.24 bits per heavy atom. The Morgan fingerprint density at radius 2 is 2.12 bits per heavy atom. The zero-order valence-corrected chi connectivity index (χ0v) is 19.2. The third-order valence-corrected chi connectivity index (χ3v) is 6.19. The zero-order valence-electron chi connectivity index (χ0n) is 18.5. The van der Waals surface area contributed by atoms with Crippen molar-refractivity contribution in [2.75, 3.05) is 20.3 Å². The van der Waals surface area contributed by atoms with E-state index >= 15 is 0 Å². The second-order valence-corrected chi connectivity index (χ2v) is 8.69. The summed E-state index contributed by atoms with van der Waals surface area (Å²) in [7, 11) is 1.66. The Balaban J connectivity index is 1.46. The van der Waals surface area contributed by atoms with Gasteiger partial charge in [-0.25, -0.2) is 9.37 Å². The van der Waals surface area contributed by atoms with E-state index in [1.54, 1.807) is 19.5 Å². The first-order valence-corrected chi connectivity index (χ1v) is 11.2. The fourth-order valence-electron chi connectivity index (χ4n) is 4.45. The van der Waals surface area contributed by atoms with Gasteiger partial charge in [-0.05, 0) is 72.9 Å². The van der Waals surface area contributed by atoms with Crippen LogP contribution in [0.25, 0.3) is 11.8 Å². The second kappa shape index (κ2) is 8.90. The number of nitrogens with zero attached hydrogens (tertiary/aromatic N) is 4. The van der Waals surface area contributed by atoms with Gasteiger partial charge >= 0.3 is 0 Å². The van der Waals surface area contributed by atoms with Crippen LogP contribution in [0.2, 0.25) is 5.02 Å². The van der Waals surface area contributed by atoms with Crippen LogP contribution in [0.3, 0.4) is 0 Å². The fraction of sp³-hybridized carbons (Fsp3) is 0.280. The number of hydrogen-bond acceptors (Lipinski definition) is 5. The van der Waals surface area contributed by atoms with Gasteiger partial charge in [-0.3, -0.25) is 0 Å². The minimum absolute atomic E-state index is 0.143. The predicted molar refractivity (Wildman–Crippen MR) is 126 cm³/mol. The second-order valence-electron chi connectivity index (χ2n) is 8.25. The first-order valence-electron chi connectivity index (χ1n) is 10.8. The molecule has 1 fully saturated rings. The van der Waals surface area contributed by atoms with E-state index in [9.17, 15) is 4.39 Å². The molecule has 0 bridgehead atoms. The van der Waals surface area contributed by atoms with Gasteiger partial charge in [0.1, 0.15) is 18.2 Å². The molecule has 1 atom stereocenters. The van der Waals surface area contributed by atoms with Crippen LogP contribution in [0.5, 0.6) is 5.75 Å². The number of hydrogen-bond donors (Lipinski definition) is 0.